The summed E-state index contributed by atoms with van der Waals surface area (Å²) < 4.78 is 0. The molecule has 0 atom stereocenters. The molecule has 1 aliphatic heterocycles. The number of carboxylic acid groups (broad SMARTS) is 1. The van der Waals surface area contributed by atoms with E-state index >= 15 is 0 Å². The zero-order chi connectivity index (χ0) is 15.4. The molecule has 1 aromatic rings. The molecule has 0 unspecified atom stereocenters. The fourth-order valence-electron chi connectivity index (χ4n) is 2.35. The summed E-state index contributed by atoms with van der Waals surface area (Å²) in [6.45, 7) is 3.02. The van der Waals surface area contributed by atoms with Crippen molar-refractivity contribution in [3.8, 4) is 0 Å². The fourth-order valence-corrected chi connectivity index (χ4v) is 2.59. The van der Waals surface area contributed by atoms with Crippen molar-refractivity contribution < 1.29 is 14.7 Å². The Morgan fingerprint density at radius 3 is 2.43 bits per heavy atom. The summed E-state index contributed by atoms with van der Waals surface area (Å²) >= 11 is 5.91. The highest BCUT2D eigenvalue weighted by Crippen LogP contribution is 2.18. The van der Waals surface area contributed by atoms with Crippen LogP contribution >= 0.6 is 11.6 Å². The van der Waals surface area contributed by atoms with Gasteiger partial charge in [-0.15, -0.1) is 0 Å². The first-order valence-corrected chi connectivity index (χ1v) is 7.13. The molecule has 7 heteroatoms. The second kappa shape index (κ2) is 6.78. The van der Waals surface area contributed by atoms with Crippen molar-refractivity contribution in [2.45, 2.75) is 6.42 Å². The summed E-state index contributed by atoms with van der Waals surface area (Å²) in [6, 6.07) is 4.82. The van der Waals surface area contributed by atoms with Crippen LogP contribution in [0.4, 0.5) is 5.69 Å². The first-order chi connectivity index (χ1) is 9.95. The van der Waals surface area contributed by atoms with Gasteiger partial charge in [-0.1, -0.05) is 11.6 Å². The van der Waals surface area contributed by atoms with Crippen molar-refractivity contribution in [1.82, 2.24) is 9.80 Å². The molecular formula is C14H18ClN3O3. The summed E-state index contributed by atoms with van der Waals surface area (Å²) in [5, 5.41) is 9.11. The second-order valence-electron chi connectivity index (χ2n) is 5.05. The summed E-state index contributed by atoms with van der Waals surface area (Å²) in [5.41, 5.74) is 6.65. The van der Waals surface area contributed by atoms with E-state index < -0.39 is 5.97 Å². The number of nitrogens with zero attached hydrogens (tertiary/aromatic N) is 2. The SMILES string of the molecule is Nc1cc(Cl)cc(C(=O)N2CCN(CCC(=O)O)CC2)c1. The van der Waals surface area contributed by atoms with Gasteiger partial charge in [-0.3, -0.25) is 14.5 Å². The van der Waals surface area contributed by atoms with E-state index in [0.717, 1.165) is 0 Å². The van der Waals surface area contributed by atoms with E-state index in [1.165, 1.54) is 0 Å². The lowest BCUT2D eigenvalue weighted by Crippen LogP contribution is -2.49. The molecule has 0 saturated carbocycles. The quantitative estimate of drug-likeness (QED) is 0.815. The number of carbonyl (C=O) groups excluding carboxylic acids is 1. The van der Waals surface area contributed by atoms with E-state index in [0.29, 0.717) is 49.0 Å². The van der Waals surface area contributed by atoms with E-state index in [2.05, 4.69) is 0 Å². The lowest BCUT2D eigenvalue weighted by atomic mass is 10.1. The minimum Gasteiger partial charge on any atom is -0.481 e. The third kappa shape index (κ3) is 4.34. The first-order valence-electron chi connectivity index (χ1n) is 6.75. The van der Waals surface area contributed by atoms with E-state index in [9.17, 15) is 9.59 Å². The van der Waals surface area contributed by atoms with Crippen LogP contribution in [0.2, 0.25) is 5.02 Å². The molecule has 0 spiro atoms. The molecule has 0 bridgehead atoms. The lowest BCUT2D eigenvalue weighted by Gasteiger charge is -2.34. The summed E-state index contributed by atoms with van der Waals surface area (Å²) in [7, 11) is 0. The number of amides is 1. The van der Waals surface area contributed by atoms with Crippen LogP contribution in [0.25, 0.3) is 0 Å². The van der Waals surface area contributed by atoms with Crippen LogP contribution in [0.1, 0.15) is 16.8 Å². The number of aliphatic carboxylic acids is 1. The summed E-state index contributed by atoms with van der Waals surface area (Å²) in [6.07, 6.45) is 0.124. The Hall–Kier alpha value is -1.79. The average molecular weight is 312 g/mol. The molecule has 0 aromatic heterocycles. The third-order valence-electron chi connectivity index (χ3n) is 3.47. The van der Waals surface area contributed by atoms with Crippen LogP contribution in [0, 0.1) is 0 Å². The largest absolute Gasteiger partial charge is 0.481 e. The van der Waals surface area contributed by atoms with E-state index in [1.54, 1.807) is 23.1 Å². The maximum Gasteiger partial charge on any atom is 0.304 e. The highest BCUT2D eigenvalue weighted by Gasteiger charge is 2.22. The zero-order valence-electron chi connectivity index (χ0n) is 11.6. The van der Waals surface area contributed by atoms with Crippen LogP contribution in [0.15, 0.2) is 18.2 Å². The van der Waals surface area contributed by atoms with Gasteiger partial charge in [0.25, 0.3) is 5.91 Å². The number of halogens is 1. The van der Waals surface area contributed by atoms with Crippen molar-refractivity contribution in [1.29, 1.82) is 0 Å². The van der Waals surface area contributed by atoms with Gasteiger partial charge < -0.3 is 15.7 Å². The molecule has 0 aliphatic carbocycles. The topological polar surface area (TPSA) is 86.9 Å². The van der Waals surface area contributed by atoms with Crippen LogP contribution in [0.5, 0.6) is 0 Å². The number of anilines is 1. The number of carbonyl (C=O) groups is 2. The van der Waals surface area contributed by atoms with Crippen molar-refractivity contribution in [3.63, 3.8) is 0 Å². The molecule has 1 amide bonds. The number of hydrogen-bond donors (Lipinski definition) is 2. The Balaban J connectivity index is 1.92. The van der Waals surface area contributed by atoms with E-state index in [4.69, 9.17) is 22.4 Å². The van der Waals surface area contributed by atoms with Gasteiger partial charge in [-0.05, 0) is 18.2 Å². The van der Waals surface area contributed by atoms with Gasteiger partial charge in [-0.2, -0.15) is 0 Å². The number of nitrogen functional groups attached to an aromatic ring is 1. The van der Waals surface area contributed by atoms with Crippen molar-refractivity contribution in [2.75, 3.05) is 38.5 Å². The van der Waals surface area contributed by atoms with Crippen molar-refractivity contribution in [2.24, 2.45) is 0 Å². The molecule has 2 rings (SSSR count). The van der Waals surface area contributed by atoms with Crippen LogP contribution in [0.3, 0.4) is 0 Å². The van der Waals surface area contributed by atoms with Crippen molar-refractivity contribution >= 4 is 29.2 Å². The third-order valence-corrected chi connectivity index (χ3v) is 3.69. The monoisotopic (exact) mass is 311 g/mol. The fraction of sp³-hybridized carbons (Fsp3) is 0.429. The van der Waals surface area contributed by atoms with E-state index in [-0.39, 0.29) is 12.3 Å². The Kier molecular flexibility index (Phi) is 5.03. The molecule has 21 heavy (non-hydrogen) atoms. The highest BCUT2D eigenvalue weighted by atomic mass is 35.5. The van der Waals surface area contributed by atoms with Gasteiger partial charge in [0, 0.05) is 49.0 Å². The van der Waals surface area contributed by atoms with Gasteiger partial charge >= 0.3 is 5.97 Å². The zero-order valence-corrected chi connectivity index (χ0v) is 12.3. The maximum absolute atomic E-state index is 12.4. The molecule has 1 fully saturated rings. The number of hydrogen-bond acceptors (Lipinski definition) is 4. The molecule has 0 radical (unpaired) electrons. The van der Waals surface area contributed by atoms with Crippen molar-refractivity contribution in [3.05, 3.63) is 28.8 Å². The second-order valence-corrected chi connectivity index (χ2v) is 5.49. The molecule has 6 nitrogen and oxygen atoms in total. The Morgan fingerprint density at radius 2 is 1.86 bits per heavy atom. The summed E-state index contributed by atoms with van der Waals surface area (Å²) in [5.74, 6) is -0.898. The molecular weight excluding hydrogens is 294 g/mol. The number of carboxylic acids is 1. The molecule has 114 valence electrons. The maximum atomic E-state index is 12.4. The molecule has 1 saturated heterocycles. The number of piperazine rings is 1. The van der Waals surface area contributed by atoms with Gasteiger partial charge in [0.2, 0.25) is 0 Å². The number of nitrogens with two attached hydrogens (primary N) is 1. The minimum absolute atomic E-state index is 0.0953. The summed E-state index contributed by atoms with van der Waals surface area (Å²) in [4.78, 5) is 26.7. The van der Waals surface area contributed by atoms with E-state index in [1.807, 2.05) is 4.90 Å². The molecule has 1 aliphatic rings. The van der Waals surface area contributed by atoms with Gasteiger partial charge in [-0.25, -0.2) is 0 Å². The van der Waals surface area contributed by atoms with Gasteiger partial charge in [0.05, 0.1) is 6.42 Å². The average Bonchev–Trinajstić information content (AvgIpc) is 2.44. The Labute approximate surface area is 128 Å². The number of benzene rings is 1. The molecule has 3 N–H and O–H groups in total. The van der Waals surface area contributed by atoms with Crippen LogP contribution < -0.4 is 5.73 Å². The van der Waals surface area contributed by atoms with Gasteiger partial charge in [0.15, 0.2) is 0 Å². The number of rotatable bonds is 4. The molecule has 1 heterocycles. The Morgan fingerprint density at radius 1 is 1.19 bits per heavy atom. The van der Waals surface area contributed by atoms with Crippen LogP contribution in [-0.2, 0) is 4.79 Å². The normalized spacial score (nSPS) is 16.0. The predicted molar refractivity (Wildman–Crippen MR) is 80.5 cm³/mol. The minimum atomic E-state index is -0.803. The first kappa shape index (κ1) is 15.6. The Bertz CT molecular complexity index is 522. The smallest absolute Gasteiger partial charge is 0.304 e. The molecule has 1 aromatic carbocycles. The van der Waals surface area contributed by atoms with Gasteiger partial charge in [0.1, 0.15) is 0 Å². The lowest BCUT2D eigenvalue weighted by molar-refractivity contribution is -0.137. The highest BCUT2D eigenvalue weighted by molar-refractivity contribution is 6.31. The predicted octanol–water partition coefficient (Wildman–Crippen LogP) is 1.15. The van der Waals surface area contributed by atoms with Crippen LogP contribution in [-0.4, -0.2) is 59.5 Å². The standard InChI is InChI=1S/C14H18ClN3O3/c15-11-7-10(8-12(16)9-11)14(21)18-5-3-17(4-6-18)2-1-13(19)20/h7-9H,1-6,16H2,(H,19,20).